The minimum atomic E-state index is -0.505. The Hall–Kier alpha value is -2.11. The Labute approximate surface area is 153 Å². The van der Waals surface area contributed by atoms with Crippen molar-refractivity contribution in [2.24, 2.45) is 0 Å². The van der Waals surface area contributed by atoms with Crippen molar-refractivity contribution in [1.82, 2.24) is 10.6 Å². The fourth-order valence-corrected chi connectivity index (χ4v) is 3.05. The zero-order chi connectivity index (χ0) is 17.3. The summed E-state index contributed by atoms with van der Waals surface area (Å²) in [6.07, 6.45) is 0. The van der Waals surface area contributed by atoms with E-state index in [2.05, 4.69) is 26.6 Å². The lowest BCUT2D eigenvalue weighted by molar-refractivity contribution is 0.102. The van der Waals surface area contributed by atoms with Gasteiger partial charge in [0, 0.05) is 26.3 Å². The van der Waals surface area contributed by atoms with E-state index in [0.717, 1.165) is 10.0 Å². The first-order chi connectivity index (χ1) is 11.5. The third-order valence-corrected chi connectivity index (χ3v) is 4.60. The summed E-state index contributed by atoms with van der Waals surface area (Å²) in [5.74, 6) is -0.149. The molecule has 3 rings (SSSR count). The van der Waals surface area contributed by atoms with E-state index in [1.165, 1.54) is 0 Å². The van der Waals surface area contributed by atoms with Crippen LogP contribution in [0.2, 0.25) is 5.02 Å². The first-order valence-corrected chi connectivity index (χ1v) is 8.47. The van der Waals surface area contributed by atoms with Crippen molar-refractivity contribution >= 4 is 39.3 Å². The van der Waals surface area contributed by atoms with E-state index < -0.39 is 6.04 Å². The van der Waals surface area contributed by atoms with Crippen LogP contribution in [0.25, 0.3) is 0 Å². The highest BCUT2D eigenvalue weighted by atomic mass is 79.9. The number of amides is 2. The molecule has 0 radical (unpaired) electrons. The molecule has 1 atom stereocenters. The molecule has 0 fully saturated rings. The molecule has 0 aliphatic carbocycles. The lowest BCUT2D eigenvalue weighted by Crippen LogP contribution is -2.45. The van der Waals surface area contributed by atoms with Gasteiger partial charge in [0.05, 0.1) is 6.04 Å². The zero-order valence-electron chi connectivity index (χ0n) is 12.8. The van der Waals surface area contributed by atoms with Gasteiger partial charge < -0.3 is 10.6 Å². The van der Waals surface area contributed by atoms with Crippen LogP contribution in [0.15, 0.2) is 64.3 Å². The topological polar surface area (TPSA) is 58.2 Å². The summed E-state index contributed by atoms with van der Waals surface area (Å²) in [6, 6.07) is 13.4. The van der Waals surface area contributed by atoms with Crippen molar-refractivity contribution in [3.05, 3.63) is 80.4 Å². The average molecular weight is 406 g/mol. The molecule has 1 aliphatic rings. The number of carbonyl (C=O) groups excluding carboxylic acids is 2. The van der Waals surface area contributed by atoms with Gasteiger partial charge in [-0.25, -0.2) is 4.79 Å². The number of carbonyl (C=O) groups is 2. The maximum atomic E-state index is 13.0. The van der Waals surface area contributed by atoms with Gasteiger partial charge in [0.1, 0.15) is 0 Å². The average Bonchev–Trinajstić information content (AvgIpc) is 2.55. The Kier molecular flexibility index (Phi) is 4.73. The van der Waals surface area contributed by atoms with Crippen LogP contribution in [-0.4, -0.2) is 11.8 Å². The molecule has 24 heavy (non-hydrogen) atoms. The van der Waals surface area contributed by atoms with Gasteiger partial charge in [-0.1, -0.05) is 39.7 Å². The van der Waals surface area contributed by atoms with E-state index in [-0.39, 0.29) is 11.8 Å². The molecule has 0 spiro atoms. The highest BCUT2D eigenvalue weighted by Crippen LogP contribution is 2.30. The Morgan fingerprint density at radius 3 is 2.33 bits per heavy atom. The largest absolute Gasteiger partial charge is 0.327 e. The molecule has 1 heterocycles. The van der Waals surface area contributed by atoms with Gasteiger partial charge in [-0.15, -0.1) is 0 Å². The van der Waals surface area contributed by atoms with Crippen LogP contribution in [0.3, 0.4) is 0 Å². The van der Waals surface area contributed by atoms with Gasteiger partial charge in [-0.2, -0.15) is 0 Å². The third-order valence-electron chi connectivity index (χ3n) is 3.82. The van der Waals surface area contributed by atoms with Crippen molar-refractivity contribution in [1.29, 1.82) is 0 Å². The predicted molar refractivity (Wildman–Crippen MR) is 97.0 cm³/mol. The van der Waals surface area contributed by atoms with Crippen LogP contribution in [0.5, 0.6) is 0 Å². The molecule has 0 saturated heterocycles. The highest BCUT2D eigenvalue weighted by molar-refractivity contribution is 9.10. The van der Waals surface area contributed by atoms with Gasteiger partial charge in [0.15, 0.2) is 5.78 Å². The SMILES string of the molecule is CC1=C(C(=O)c2ccc(Cl)cc2)[C@H](c2ccc(Br)cc2)NC(=O)N1. The lowest BCUT2D eigenvalue weighted by Gasteiger charge is -2.28. The molecule has 2 aromatic carbocycles. The van der Waals surface area contributed by atoms with Crippen molar-refractivity contribution in [2.75, 3.05) is 0 Å². The minimum Gasteiger partial charge on any atom is -0.327 e. The number of hydrogen-bond acceptors (Lipinski definition) is 2. The number of ketones is 1. The van der Waals surface area contributed by atoms with E-state index in [1.54, 1.807) is 31.2 Å². The molecule has 1 aliphatic heterocycles. The molecule has 2 amide bonds. The quantitative estimate of drug-likeness (QED) is 0.732. The second-order valence-corrected chi connectivity index (χ2v) is 6.81. The van der Waals surface area contributed by atoms with Crippen LogP contribution in [0, 0.1) is 0 Å². The fourth-order valence-electron chi connectivity index (χ4n) is 2.66. The number of Topliss-reactive ketones (excluding diaryl/α,β-unsaturated/α-hetero) is 1. The lowest BCUT2D eigenvalue weighted by atomic mass is 9.90. The van der Waals surface area contributed by atoms with E-state index in [4.69, 9.17) is 11.6 Å². The van der Waals surface area contributed by atoms with E-state index in [0.29, 0.717) is 21.9 Å². The van der Waals surface area contributed by atoms with E-state index >= 15 is 0 Å². The Bertz CT molecular complexity index is 829. The van der Waals surface area contributed by atoms with E-state index in [1.807, 2.05) is 24.3 Å². The number of urea groups is 1. The molecule has 4 nitrogen and oxygen atoms in total. The van der Waals surface area contributed by atoms with Crippen LogP contribution >= 0.6 is 27.5 Å². The molecule has 2 N–H and O–H groups in total. The number of rotatable bonds is 3. The first-order valence-electron chi connectivity index (χ1n) is 7.29. The molecule has 122 valence electrons. The number of hydrogen-bond donors (Lipinski definition) is 2. The normalized spacial score (nSPS) is 17.3. The van der Waals surface area contributed by atoms with Gasteiger partial charge in [0.25, 0.3) is 0 Å². The Balaban J connectivity index is 2.04. The molecule has 0 unspecified atom stereocenters. The van der Waals surface area contributed by atoms with Gasteiger partial charge in [-0.3, -0.25) is 4.79 Å². The zero-order valence-corrected chi connectivity index (χ0v) is 15.1. The number of nitrogens with one attached hydrogen (secondary N) is 2. The number of halogens is 2. The number of allylic oxidation sites excluding steroid dienone is 1. The first kappa shape index (κ1) is 16.7. The molecular weight excluding hydrogens is 392 g/mol. The maximum Gasteiger partial charge on any atom is 0.319 e. The predicted octanol–water partition coefficient (Wildman–Crippen LogP) is 4.61. The molecular formula is C18H14BrClN2O2. The van der Waals surface area contributed by atoms with Crippen LogP contribution in [-0.2, 0) is 0 Å². The van der Waals surface area contributed by atoms with E-state index in [9.17, 15) is 9.59 Å². The smallest absolute Gasteiger partial charge is 0.319 e. The molecule has 2 aromatic rings. The van der Waals surface area contributed by atoms with Crippen LogP contribution in [0.4, 0.5) is 4.79 Å². The Morgan fingerprint density at radius 2 is 1.71 bits per heavy atom. The monoisotopic (exact) mass is 404 g/mol. The number of benzene rings is 2. The minimum absolute atomic E-state index is 0.149. The van der Waals surface area contributed by atoms with Crippen molar-refractivity contribution in [2.45, 2.75) is 13.0 Å². The van der Waals surface area contributed by atoms with Gasteiger partial charge in [-0.05, 0) is 48.9 Å². The second kappa shape index (κ2) is 6.79. The molecule has 0 saturated carbocycles. The highest BCUT2D eigenvalue weighted by Gasteiger charge is 2.31. The summed E-state index contributed by atoms with van der Waals surface area (Å²) in [4.78, 5) is 24.9. The molecule has 0 aromatic heterocycles. The van der Waals surface area contributed by atoms with Gasteiger partial charge in [0.2, 0.25) is 0 Å². The van der Waals surface area contributed by atoms with Crippen molar-refractivity contribution < 1.29 is 9.59 Å². The third kappa shape index (κ3) is 3.37. The van der Waals surface area contributed by atoms with Crippen molar-refractivity contribution in [3.8, 4) is 0 Å². The van der Waals surface area contributed by atoms with Crippen LogP contribution < -0.4 is 10.6 Å². The molecule has 6 heteroatoms. The van der Waals surface area contributed by atoms with Gasteiger partial charge >= 0.3 is 6.03 Å². The van der Waals surface area contributed by atoms with Crippen LogP contribution in [0.1, 0.15) is 28.9 Å². The second-order valence-electron chi connectivity index (χ2n) is 5.46. The Morgan fingerprint density at radius 1 is 1.08 bits per heavy atom. The summed E-state index contributed by atoms with van der Waals surface area (Å²) in [6.45, 7) is 1.73. The summed E-state index contributed by atoms with van der Waals surface area (Å²) in [5.41, 5.74) is 2.42. The molecule has 0 bridgehead atoms. The summed E-state index contributed by atoms with van der Waals surface area (Å²) >= 11 is 9.28. The summed E-state index contributed by atoms with van der Waals surface area (Å²) < 4.78 is 0.929. The summed E-state index contributed by atoms with van der Waals surface area (Å²) in [5, 5.41) is 6.07. The maximum absolute atomic E-state index is 13.0. The fraction of sp³-hybridized carbons (Fsp3) is 0.111. The van der Waals surface area contributed by atoms with Crippen molar-refractivity contribution in [3.63, 3.8) is 0 Å². The summed E-state index contributed by atoms with van der Waals surface area (Å²) in [7, 11) is 0. The standard InChI is InChI=1S/C18H14BrClN2O2/c1-10-15(17(23)12-4-8-14(20)9-5-12)16(22-18(24)21-10)11-2-6-13(19)7-3-11/h2-9,16H,1H3,(H2,21,22,24)/t16-/m0/s1.